The Morgan fingerprint density at radius 3 is 2.54 bits per heavy atom. The molecule has 0 aliphatic heterocycles. The molecule has 0 fully saturated rings. The smallest absolute Gasteiger partial charge is 0.0186 e. The number of hydrogen-bond donors (Lipinski definition) is 0. The van der Waals surface area contributed by atoms with Gasteiger partial charge in [0, 0.05) is 4.83 Å². The summed E-state index contributed by atoms with van der Waals surface area (Å²) >= 11 is 3.72. The zero-order valence-corrected chi connectivity index (χ0v) is 9.76. The highest BCUT2D eigenvalue weighted by Gasteiger charge is 2.03. The fraction of sp³-hybridized carbons (Fsp3) is 0.500. The van der Waals surface area contributed by atoms with E-state index in [2.05, 4.69) is 53.2 Å². The monoisotopic (exact) mass is 240 g/mol. The molecule has 0 N–H and O–H groups in total. The van der Waals surface area contributed by atoms with Gasteiger partial charge in [0.25, 0.3) is 0 Å². The molecule has 0 aliphatic carbocycles. The molecule has 0 heterocycles. The van der Waals surface area contributed by atoms with E-state index in [-0.39, 0.29) is 0 Å². The van der Waals surface area contributed by atoms with Crippen LogP contribution in [0.1, 0.15) is 31.7 Å². The zero-order chi connectivity index (χ0) is 9.52. The van der Waals surface area contributed by atoms with E-state index in [1.807, 2.05) is 0 Å². The Bertz CT molecular complexity index is 218. The first-order valence-corrected chi connectivity index (χ1v) is 5.92. The summed E-state index contributed by atoms with van der Waals surface area (Å²) in [6.07, 6.45) is 5.05. The topological polar surface area (TPSA) is 0 Å². The van der Waals surface area contributed by atoms with E-state index >= 15 is 0 Å². The highest BCUT2D eigenvalue weighted by atomic mass is 79.9. The molecule has 0 bridgehead atoms. The minimum Gasteiger partial charge on any atom is -0.0887 e. The number of rotatable bonds is 5. The highest BCUT2D eigenvalue weighted by Crippen LogP contribution is 2.15. The van der Waals surface area contributed by atoms with Crippen molar-refractivity contribution in [2.75, 3.05) is 0 Å². The average Bonchev–Trinajstić information content (AvgIpc) is 2.16. The van der Waals surface area contributed by atoms with Crippen molar-refractivity contribution in [3.8, 4) is 0 Å². The summed E-state index contributed by atoms with van der Waals surface area (Å²) in [7, 11) is 0. The first-order chi connectivity index (χ1) is 6.33. The van der Waals surface area contributed by atoms with E-state index in [1.165, 1.54) is 24.8 Å². The molecular weight excluding hydrogens is 224 g/mol. The van der Waals surface area contributed by atoms with Crippen LogP contribution < -0.4 is 0 Å². The standard InChI is InChI=1S/C12H17Br/c1-2-3-9-12(13)10-11-7-5-4-6-8-11/h4-8,12H,2-3,9-10H2,1H3/t12-/m0/s1. The van der Waals surface area contributed by atoms with Gasteiger partial charge in [0.05, 0.1) is 0 Å². The molecule has 0 radical (unpaired) electrons. The molecule has 0 saturated heterocycles. The van der Waals surface area contributed by atoms with Gasteiger partial charge in [-0.1, -0.05) is 66.0 Å². The largest absolute Gasteiger partial charge is 0.0887 e. The average molecular weight is 241 g/mol. The van der Waals surface area contributed by atoms with Gasteiger partial charge in [0.2, 0.25) is 0 Å². The van der Waals surface area contributed by atoms with Gasteiger partial charge >= 0.3 is 0 Å². The molecule has 0 saturated carbocycles. The van der Waals surface area contributed by atoms with Gasteiger partial charge in [0.1, 0.15) is 0 Å². The maximum Gasteiger partial charge on any atom is 0.0186 e. The molecule has 1 heteroatoms. The highest BCUT2D eigenvalue weighted by molar-refractivity contribution is 9.09. The first-order valence-electron chi connectivity index (χ1n) is 5.01. The van der Waals surface area contributed by atoms with Crippen LogP contribution in [0.2, 0.25) is 0 Å². The van der Waals surface area contributed by atoms with Crippen molar-refractivity contribution in [3.63, 3.8) is 0 Å². The normalized spacial score (nSPS) is 12.8. The number of alkyl halides is 1. The summed E-state index contributed by atoms with van der Waals surface area (Å²) < 4.78 is 0. The number of halogens is 1. The van der Waals surface area contributed by atoms with Crippen LogP contribution >= 0.6 is 15.9 Å². The van der Waals surface area contributed by atoms with E-state index in [9.17, 15) is 0 Å². The van der Waals surface area contributed by atoms with Crippen molar-refractivity contribution in [3.05, 3.63) is 35.9 Å². The maximum atomic E-state index is 3.72. The number of benzene rings is 1. The van der Waals surface area contributed by atoms with Crippen molar-refractivity contribution in [1.29, 1.82) is 0 Å². The number of hydrogen-bond acceptors (Lipinski definition) is 0. The lowest BCUT2D eigenvalue weighted by atomic mass is 10.1. The Balaban J connectivity index is 2.32. The Kier molecular flexibility index (Phi) is 5.14. The van der Waals surface area contributed by atoms with Gasteiger partial charge < -0.3 is 0 Å². The fourth-order valence-corrected chi connectivity index (χ4v) is 2.10. The Hall–Kier alpha value is -0.300. The Morgan fingerprint density at radius 1 is 1.23 bits per heavy atom. The third-order valence-electron chi connectivity index (χ3n) is 2.17. The van der Waals surface area contributed by atoms with Gasteiger partial charge in [-0.2, -0.15) is 0 Å². The molecule has 1 aromatic carbocycles. The number of unbranched alkanes of at least 4 members (excludes halogenated alkanes) is 1. The minimum absolute atomic E-state index is 0.648. The van der Waals surface area contributed by atoms with Crippen molar-refractivity contribution in [1.82, 2.24) is 0 Å². The maximum absolute atomic E-state index is 3.72. The van der Waals surface area contributed by atoms with Gasteiger partial charge in [0.15, 0.2) is 0 Å². The van der Waals surface area contributed by atoms with E-state index in [0.29, 0.717) is 4.83 Å². The Morgan fingerprint density at radius 2 is 1.92 bits per heavy atom. The van der Waals surface area contributed by atoms with E-state index in [4.69, 9.17) is 0 Å². The molecule has 0 unspecified atom stereocenters. The van der Waals surface area contributed by atoms with Crippen LogP contribution in [0.15, 0.2) is 30.3 Å². The van der Waals surface area contributed by atoms with Crippen LogP contribution in [0.3, 0.4) is 0 Å². The van der Waals surface area contributed by atoms with Crippen LogP contribution in [0, 0.1) is 0 Å². The summed E-state index contributed by atoms with van der Waals surface area (Å²) in [6.45, 7) is 2.24. The van der Waals surface area contributed by atoms with Crippen molar-refractivity contribution < 1.29 is 0 Å². The second kappa shape index (κ2) is 6.20. The summed E-state index contributed by atoms with van der Waals surface area (Å²) in [4.78, 5) is 0.648. The SMILES string of the molecule is CCCC[C@H](Br)Cc1ccccc1. The molecular formula is C12H17Br. The van der Waals surface area contributed by atoms with Crippen molar-refractivity contribution >= 4 is 15.9 Å². The molecule has 1 aromatic rings. The van der Waals surface area contributed by atoms with Crippen LogP contribution in [0.4, 0.5) is 0 Å². The lowest BCUT2D eigenvalue weighted by molar-refractivity contribution is 0.687. The molecule has 13 heavy (non-hydrogen) atoms. The van der Waals surface area contributed by atoms with Crippen molar-refractivity contribution in [2.24, 2.45) is 0 Å². The van der Waals surface area contributed by atoms with E-state index in [1.54, 1.807) is 0 Å². The molecule has 0 aliphatic rings. The quantitative estimate of drug-likeness (QED) is 0.678. The summed E-state index contributed by atoms with van der Waals surface area (Å²) in [6, 6.07) is 10.7. The van der Waals surface area contributed by atoms with Gasteiger partial charge in [-0.15, -0.1) is 0 Å². The molecule has 0 aromatic heterocycles. The molecule has 0 nitrogen and oxygen atoms in total. The van der Waals surface area contributed by atoms with Gasteiger partial charge in [-0.05, 0) is 18.4 Å². The molecule has 72 valence electrons. The third-order valence-corrected chi connectivity index (χ3v) is 2.95. The molecule has 0 spiro atoms. The second-order valence-electron chi connectivity index (χ2n) is 3.43. The third kappa shape index (κ3) is 4.47. The van der Waals surface area contributed by atoms with Gasteiger partial charge in [-0.3, -0.25) is 0 Å². The summed E-state index contributed by atoms with van der Waals surface area (Å²) in [5, 5.41) is 0. The van der Waals surface area contributed by atoms with E-state index in [0.717, 1.165) is 6.42 Å². The van der Waals surface area contributed by atoms with Gasteiger partial charge in [-0.25, -0.2) is 0 Å². The second-order valence-corrected chi connectivity index (χ2v) is 4.72. The van der Waals surface area contributed by atoms with Crippen LogP contribution in [-0.2, 0) is 6.42 Å². The predicted octanol–water partition coefficient (Wildman–Crippen LogP) is 4.18. The van der Waals surface area contributed by atoms with Crippen LogP contribution in [0.5, 0.6) is 0 Å². The van der Waals surface area contributed by atoms with Crippen LogP contribution in [0.25, 0.3) is 0 Å². The lowest BCUT2D eigenvalue weighted by Crippen LogP contribution is -2.01. The lowest BCUT2D eigenvalue weighted by Gasteiger charge is -2.08. The molecule has 1 rings (SSSR count). The predicted molar refractivity (Wildman–Crippen MR) is 62.4 cm³/mol. The van der Waals surface area contributed by atoms with Crippen LogP contribution in [-0.4, -0.2) is 4.83 Å². The molecule has 1 atom stereocenters. The first kappa shape index (κ1) is 10.8. The minimum atomic E-state index is 0.648. The summed E-state index contributed by atoms with van der Waals surface area (Å²) in [5.74, 6) is 0. The zero-order valence-electron chi connectivity index (χ0n) is 8.17. The summed E-state index contributed by atoms with van der Waals surface area (Å²) in [5.41, 5.74) is 1.43. The fourth-order valence-electron chi connectivity index (χ4n) is 1.40. The van der Waals surface area contributed by atoms with Crippen molar-refractivity contribution in [2.45, 2.75) is 37.4 Å². The van der Waals surface area contributed by atoms with E-state index < -0.39 is 0 Å². The molecule has 0 amide bonds. The Labute approximate surface area is 89.5 Å².